The topological polar surface area (TPSA) is 40.1 Å². The summed E-state index contributed by atoms with van der Waals surface area (Å²) in [7, 11) is 0. The van der Waals surface area contributed by atoms with Gasteiger partial charge in [-0.05, 0) is 39.9 Å². The Hall–Kier alpha value is -1.94. The van der Waals surface area contributed by atoms with E-state index in [1.54, 1.807) is 0 Å². The Morgan fingerprint density at radius 2 is 1.26 bits per heavy atom. The zero-order chi connectivity index (χ0) is 16.2. The van der Waals surface area contributed by atoms with Crippen molar-refractivity contribution in [1.29, 1.82) is 0 Å². The minimum atomic E-state index is -2.07. The number of rotatable bonds is 4. The molecule has 0 saturated heterocycles. The Morgan fingerprint density at radius 1 is 0.783 bits per heavy atom. The standard InChI is InChI=1S/C19H15ClO2S/c20-17-11-9-16(10-12-17)19-4-2-1-3-18(19)15-7-5-14(6-8-15)13-23(21)22/h1-12H,13H2,(H,21,22)/p-1. The van der Waals surface area contributed by atoms with Gasteiger partial charge < -0.3 is 4.55 Å². The van der Waals surface area contributed by atoms with Gasteiger partial charge in [0, 0.05) is 10.8 Å². The van der Waals surface area contributed by atoms with E-state index in [9.17, 15) is 8.76 Å². The summed E-state index contributed by atoms with van der Waals surface area (Å²) in [6, 6.07) is 23.5. The van der Waals surface area contributed by atoms with Crippen molar-refractivity contribution in [2.45, 2.75) is 5.75 Å². The molecule has 0 fully saturated rings. The molecule has 0 N–H and O–H groups in total. The highest BCUT2D eigenvalue weighted by molar-refractivity contribution is 7.78. The Labute approximate surface area is 143 Å². The van der Waals surface area contributed by atoms with Crippen molar-refractivity contribution in [2.24, 2.45) is 0 Å². The average Bonchev–Trinajstić information content (AvgIpc) is 2.56. The van der Waals surface area contributed by atoms with E-state index in [4.69, 9.17) is 11.6 Å². The predicted octanol–water partition coefficient (Wildman–Crippen LogP) is 5.05. The predicted molar refractivity (Wildman–Crippen MR) is 94.9 cm³/mol. The van der Waals surface area contributed by atoms with Gasteiger partial charge in [-0.15, -0.1) is 0 Å². The largest absolute Gasteiger partial charge is 0.772 e. The molecular formula is C19H14ClO2S-. The van der Waals surface area contributed by atoms with Crippen molar-refractivity contribution < 1.29 is 8.76 Å². The van der Waals surface area contributed by atoms with Crippen LogP contribution in [0.1, 0.15) is 5.56 Å². The van der Waals surface area contributed by atoms with E-state index in [2.05, 4.69) is 12.1 Å². The van der Waals surface area contributed by atoms with Crippen molar-refractivity contribution in [3.05, 3.63) is 83.4 Å². The van der Waals surface area contributed by atoms with Gasteiger partial charge in [0.1, 0.15) is 0 Å². The molecule has 1 unspecified atom stereocenters. The summed E-state index contributed by atoms with van der Waals surface area (Å²) in [6.07, 6.45) is 0. The van der Waals surface area contributed by atoms with Crippen molar-refractivity contribution in [1.82, 2.24) is 0 Å². The van der Waals surface area contributed by atoms with E-state index in [-0.39, 0.29) is 5.75 Å². The molecule has 4 heteroatoms. The van der Waals surface area contributed by atoms with Crippen LogP contribution < -0.4 is 0 Å². The maximum absolute atomic E-state index is 10.8. The van der Waals surface area contributed by atoms with E-state index < -0.39 is 11.1 Å². The van der Waals surface area contributed by atoms with Gasteiger partial charge >= 0.3 is 0 Å². The van der Waals surface area contributed by atoms with E-state index >= 15 is 0 Å². The molecule has 0 aromatic heterocycles. The molecule has 0 amide bonds. The van der Waals surface area contributed by atoms with Crippen LogP contribution in [-0.2, 0) is 16.8 Å². The monoisotopic (exact) mass is 341 g/mol. The summed E-state index contributed by atoms with van der Waals surface area (Å²) < 4.78 is 21.6. The molecule has 0 aliphatic carbocycles. The van der Waals surface area contributed by atoms with E-state index in [1.165, 1.54) is 0 Å². The fraction of sp³-hybridized carbons (Fsp3) is 0.0526. The molecule has 3 rings (SSSR count). The molecule has 1 atom stereocenters. The number of hydrogen-bond acceptors (Lipinski definition) is 2. The van der Waals surface area contributed by atoms with Crippen LogP contribution in [0.5, 0.6) is 0 Å². The van der Waals surface area contributed by atoms with E-state index in [1.807, 2.05) is 60.7 Å². The van der Waals surface area contributed by atoms with Crippen molar-refractivity contribution in [3.8, 4) is 22.3 Å². The zero-order valence-electron chi connectivity index (χ0n) is 12.2. The summed E-state index contributed by atoms with van der Waals surface area (Å²) in [5, 5.41) is 0.709. The second-order valence-electron chi connectivity index (χ2n) is 5.20. The van der Waals surface area contributed by atoms with Gasteiger partial charge in [-0.3, -0.25) is 4.21 Å². The lowest BCUT2D eigenvalue weighted by Gasteiger charge is -2.11. The third-order valence-corrected chi connectivity index (χ3v) is 4.45. The van der Waals surface area contributed by atoms with E-state index in [0.29, 0.717) is 5.02 Å². The summed E-state index contributed by atoms with van der Waals surface area (Å²) in [5.74, 6) is 0.0408. The number of hydrogen-bond donors (Lipinski definition) is 0. The molecule has 0 radical (unpaired) electrons. The molecule has 0 spiro atoms. The summed E-state index contributed by atoms with van der Waals surface area (Å²) in [5.41, 5.74) is 5.14. The van der Waals surface area contributed by atoms with Crippen molar-refractivity contribution in [2.75, 3.05) is 0 Å². The molecule has 0 heterocycles. The molecule has 0 bridgehead atoms. The van der Waals surface area contributed by atoms with Crippen molar-refractivity contribution >= 4 is 22.7 Å². The molecule has 3 aromatic carbocycles. The van der Waals surface area contributed by atoms with Crippen LogP contribution in [0.2, 0.25) is 5.02 Å². The Bertz CT molecular complexity index is 827. The van der Waals surface area contributed by atoms with Crippen LogP contribution in [0.4, 0.5) is 0 Å². The fourth-order valence-electron chi connectivity index (χ4n) is 2.53. The molecule has 2 nitrogen and oxygen atoms in total. The minimum absolute atomic E-state index is 0.0408. The fourth-order valence-corrected chi connectivity index (χ4v) is 3.12. The first-order valence-corrected chi connectivity index (χ1v) is 8.76. The smallest absolute Gasteiger partial charge is 0.0406 e. The SMILES string of the molecule is O=S([O-])Cc1ccc(-c2ccccc2-c2ccc(Cl)cc2)cc1. The van der Waals surface area contributed by atoms with Crippen LogP contribution in [0.3, 0.4) is 0 Å². The van der Waals surface area contributed by atoms with Crippen LogP contribution in [0.25, 0.3) is 22.3 Å². The van der Waals surface area contributed by atoms with Crippen LogP contribution >= 0.6 is 11.6 Å². The van der Waals surface area contributed by atoms with Crippen LogP contribution in [-0.4, -0.2) is 8.76 Å². The van der Waals surface area contributed by atoms with Gasteiger partial charge in [0.15, 0.2) is 0 Å². The summed E-state index contributed by atoms with van der Waals surface area (Å²) >= 11 is 3.90. The highest BCUT2D eigenvalue weighted by atomic mass is 35.5. The van der Waals surface area contributed by atoms with Gasteiger partial charge in [0.05, 0.1) is 0 Å². The van der Waals surface area contributed by atoms with Crippen LogP contribution in [0, 0.1) is 0 Å². The second-order valence-corrected chi connectivity index (χ2v) is 6.53. The summed E-state index contributed by atoms with van der Waals surface area (Å²) in [6.45, 7) is 0. The Balaban J connectivity index is 2.00. The third kappa shape index (κ3) is 3.88. The quantitative estimate of drug-likeness (QED) is 0.623. The van der Waals surface area contributed by atoms with Gasteiger partial charge in [-0.1, -0.05) is 83.3 Å². The molecule has 0 aliphatic heterocycles. The first kappa shape index (κ1) is 15.9. The first-order valence-electron chi connectivity index (χ1n) is 7.13. The molecule has 3 aromatic rings. The van der Waals surface area contributed by atoms with Crippen molar-refractivity contribution in [3.63, 3.8) is 0 Å². The first-order chi connectivity index (χ1) is 11.1. The highest BCUT2D eigenvalue weighted by Gasteiger charge is 2.07. The van der Waals surface area contributed by atoms with Gasteiger partial charge in [0.25, 0.3) is 0 Å². The van der Waals surface area contributed by atoms with Gasteiger partial charge in [-0.25, -0.2) is 0 Å². The number of benzene rings is 3. The van der Waals surface area contributed by atoms with Gasteiger partial charge in [0.2, 0.25) is 0 Å². The minimum Gasteiger partial charge on any atom is -0.772 e. The molecule has 23 heavy (non-hydrogen) atoms. The lowest BCUT2D eigenvalue weighted by molar-refractivity contribution is 0.536. The highest BCUT2D eigenvalue weighted by Crippen LogP contribution is 2.32. The van der Waals surface area contributed by atoms with Crippen LogP contribution in [0.15, 0.2) is 72.8 Å². The third-order valence-electron chi connectivity index (χ3n) is 3.63. The molecule has 0 saturated carbocycles. The van der Waals surface area contributed by atoms with Gasteiger partial charge in [-0.2, -0.15) is 0 Å². The second kappa shape index (κ2) is 7.09. The molecule has 116 valence electrons. The molecule has 0 aliphatic rings. The normalized spacial score (nSPS) is 12.1. The zero-order valence-corrected chi connectivity index (χ0v) is 13.8. The maximum atomic E-state index is 10.8. The maximum Gasteiger partial charge on any atom is 0.0406 e. The lowest BCUT2D eigenvalue weighted by Crippen LogP contribution is -1.93. The average molecular weight is 342 g/mol. The Kier molecular flexibility index (Phi) is 4.91. The Morgan fingerprint density at radius 3 is 1.74 bits per heavy atom. The molecular weight excluding hydrogens is 328 g/mol. The number of halogens is 1. The summed E-state index contributed by atoms with van der Waals surface area (Å²) in [4.78, 5) is 0. The van der Waals surface area contributed by atoms with E-state index in [0.717, 1.165) is 27.8 Å². The lowest BCUT2D eigenvalue weighted by atomic mass is 9.94.